The van der Waals surface area contributed by atoms with Gasteiger partial charge in [-0.2, -0.15) is 0 Å². The van der Waals surface area contributed by atoms with E-state index in [9.17, 15) is 4.79 Å². The Morgan fingerprint density at radius 2 is 1.82 bits per heavy atom. The summed E-state index contributed by atoms with van der Waals surface area (Å²) in [5, 5.41) is 0. The molecule has 86 valence electrons. The molecule has 0 N–H and O–H groups in total. The molecule has 2 heterocycles. The van der Waals surface area contributed by atoms with Crippen molar-refractivity contribution in [3.63, 3.8) is 0 Å². The van der Waals surface area contributed by atoms with Crippen LogP contribution in [-0.4, -0.2) is 16.6 Å². The van der Waals surface area contributed by atoms with Gasteiger partial charge in [0.2, 0.25) is 0 Å². The Balaban J connectivity index is 1.74. The number of benzene rings is 1. The minimum Gasteiger partial charge on any atom is -0.354 e. The van der Waals surface area contributed by atoms with Crippen molar-refractivity contribution in [3.05, 3.63) is 59.9 Å². The van der Waals surface area contributed by atoms with Crippen LogP contribution in [-0.2, 0) is 4.74 Å². The largest absolute Gasteiger partial charge is 0.354 e. The Bertz CT molecular complexity index is 528. The Kier molecular flexibility index (Phi) is 2.34. The lowest BCUT2D eigenvalue weighted by Crippen LogP contribution is -2.15. The fourth-order valence-electron chi connectivity index (χ4n) is 1.94. The zero-order valence-corrected chi connectivity index (χ0v) is 9.54. The van der Waals surface area contributed by atoms with Crippen LogP contribution in [0.1, 0.15) is 22.0 Å². The molecular weight excluding hydrogens is 214 g/mol. The van der Waals surface area contributed by atoms with E-state index < -0.39 is 0 Å². The van der Waals surface area contributed by atoms with E-state index in [4.69, 9.17) is 4.74 Å². The maximum atomic E-state index is 12.0. The van der Waals surface area contributed by atoms with Crippen LogP contribution in [0.15, 0.2) is 48.8 Å². The number of carbonyl (C=O) groups is 1. The van der Waals surface area contributed by atoms with Crippen LogP contribution in [0.5, 0.6) is 0 Å². The van der Waals surface area contributed by atoms with E-state index in [2.05, 4.69) is 0 Å². The van der Waals surface area contributed by atoms with Crippen molar-refractivity contribution in [3.8, 4) is 0 Å². The van der Waals surface area contributed by atoms with E-state index in [1.165, 1.54) is 5.56 Å². The third-order valence-electron chi connectivity index (χ3n) is 3.00. The molecule has 3 rings (SSSR count). The number of aromatic nitrogens is 1. The normalized spacial score (nSPS) is 22.4. The van der Waals surface area contributed by atoms with Crippen LogP contribution in [0.25, 0.3) is 0 Å². The van der Waals surface area contributed by atoms with Gasteiger partial charge in [0.1, 0.15) is 6.10 Å². The summed E-state index contributed by atoms with van der Waals surface area (Å²) in [6.45, 7) is 2.04. The average molecular weight is 227 g/mol. The van der Waals surface area contributed by atoms with Gasteiger partial charge in [-0.1, -0.05) is 29.8 Å². The third kappa shape index (κ3) is 1.89. The molecule has 1 saturated heterocycles. The van der Waals surface area contributed by atoms with Gasteiger partial charge < -0.3 is 4.74 Å². The van der Waals surface area contributed by atoms with Crippen LogP contribution < -0.4 is 0 Å². The fraction of sp³-hybridized carbons (Fsp3) is 0.214. The molecule has 3 nitrogen and oxygen atoms in total. The maximum Gasteiger partial charge on any atom is 0.262 e. The number of epoxide rings is 1. The van der Waals surface area contributed by atoms with E-state index in [1.54, 1.807) is 17.0 Å². The third-order valence-corrected chi connectivity index (χ3v) is 3.00. The molecule has 0 radical (unpaired) electrons. The van der Waals surface area contributed by atoms with E-state index in [0.29, 0.717) is 0 Å². The number of aryl methyl sites for hydroxylation is 1. The molecule has 1 aliphatic rings. The van der Waals surface area contributed by atoms with E-state index >= 15 is 0 Å². The molecule has 1 aromatic carbocycles. The molecule has 3 heteroatoms. The summed E-state index contributed by atoms with van der Waals surface area (Å²) >= 11 is 0. The number of rotatable bonds is 2. The Morgan fingerprint density at radius 1 is 1.18 bits per heavy atom. The summed E-state index contributed by atoms with van der Waals surface area (Å²) < 4.78 is 7.03. The highest BCUT2D eigenvalue weighted by molar-refractivity contribution is 5.86. The molecule has 1 fully saturated rings. The van der Waals surface area contributed by atoms with Crippen molar-refractivity contribution in [2.75, 3.05) is 0 Å². The number of hydrogen-bond acceptors (Lipinski definition) is 2. The molecule has 1 aromatic heterocycles. The van der Waals surface area contributed by atoms with Gasteiger partial charge in [0, 0.05) is 12.4 Å². The zero-order valence-electron chi connectivity index (χ0n) is 9.54. The highest BCUT2D eigenvalue weighted by Gasteiger charge is 2.46. The molecule has 17 heavy (non-hydrogen) atoms. The SMILES string of the molecule is Cc1ccc([C@@H]2O[C@@H]2C(=O)n2cccc2)cc1. The molecular formula is C14H13NO2. The topological polar surface area (TPSA) is 34.5 Å². The number of carbonyl (C=O) groups excluding carboxylic acids is 1. The lowest BCUT2D eigenvalue weighted by atomic mass is 10.1. The van der Waals surface area contributed by atoms with E-state index in [1.807, 2.05) is 43.3 Å². The van der Waals surface area contributed by atoms with Crippen molar-refractivity contribution >= 4 is 5.91 Å². The molecule has 0 unspecified atom stereocenters. The minimum absolute atomic E-state index is 0.000532. The van der Waals surface area contributed by atoms with Crippen LogP contribution >= 0.6 is 0 Å². The summed E-state index contributed by atoms with van der Waals surface area (Å²) in [7, 11) is 0. The Morgan fingerprint density at radius 3 is 2.47 bits per heavy atom. The molecule has 1 aliphatic heterocycles. The summed E-state index contributed by atoms with van der Waals surface area (Å²) in [5.41, 5.74) is 2.28. The van der Waals surface area contributed by atoms with Gasteiger partial charge in [0.25, 0.3) is 5.91 Å². The van der Waals surface area contributed by atoms with Gasteiger partial charge >= 0.3 is 0 Å². The molecule has 2 atom stereocenters. The first kappa shape index (κ1) is 10.3. The number of nitrogens with zero attached hydrogens (tertiary/aromatic N) is 1. The van der Waals surface area contributed by atoms with Crippen LogP contribution in [0, 0.1) is 6.92 Å². The van der Waals surface area contributed by atoms with E-state index in [0.717, 1.165) is 5.56 Å². The second-order valence-corrected chi connectivity index (χ2v) is 4.32. The van der Waals surface area contributed by atoms with Gasteiger partial charge in [-0.05, 0) is 24.6 Å². The average Bonchev–Trinajstić information content (AvgIpc) is 2.94. The first-order valence-corrected chi connectivity index (χ1v) is 5.65. The highest BCUT2D eigenvalue weighted by Crippen LogP contribution is 2.39. The molecule has 0 spiro atoms. The molecule has 0 bridgehead atoms. The monoisotopic (exact) mass is 227 g/mol. The predicted octanol–water partition coefficient (Wildman–Crippen LogP) is 2.58. The smallest absolute Gasteiger partial charge is 0.262 e. The van der Waals surface area contributed by atoms with Crippen molar-refractivity contribution in [2.45, 2.75) is 19.1 Å². The molecule has 2 aromatic rings. The summed E-state index contributed by atoms with van der Waals surface area (Å²) in [6.07, 6.45) is 3.09. The van der Waals surface area contributed by atoms with Gasteiger partial charge in [-0.15, -0.1) is 0 Å². The summed E-state index contributed by atoms with van der Waals surface area (Å²) in [5.74, 6) is 0.000532. The summed E-state index contributed by atoms with van der Waals surface area (Å²) in [6, 6.07) is 11.8. The second-order valence-electron chi connectivity index (χ2n) is 4.32. The predicted molar refractivity (Wildman–Crippen MR) is 63.9 cm³/mol. The van der Waals surface area contributed by atoms with Crippen molar-refractivity contribution < 1.29 is 9.53 Å². The second kappa shape index (κ2) is 3.86. The van der Waals surface area contributed by atoms with Gasteiger partial charge in [0.15, 0.2) is 6.10 Å². The van der Waals surface area contributed by atoms with Gasteiger partial charge in [0.05, 0.1) is 0 Å². The number of hydrogen-bond donors (Lipinski definition) is 0. The maximum absolute atomic E-state index is 12.0. The molecule has 0 amide bonds. The van der Waals surface area contributed by atoms with Crippen LogP contribution in [0.4, 0.5) is 0 Å². The minimum atomic E-state index is -0.329. The molecule has 0 aliphatic carbocycles. The molecule has 0 saturated carbocycles. The fourth-order valence-corrected chi connectivity index (χ4v) is 1.94. The van der Waals surface area contributed by atoms with Crippen molar-refractivity contribution in [1.29, 1.82) is 0 Å². The van der Waals surface area contributed by atoms with Crippen LogP contribution in [0.3, 0.4) is 0 Å². The lowest BCUT2D eigenvalue weighted by molar-refractivity contribution is 0.0872. The van der Waals surface area contributed by atoms with Gasteiger partial charge in [-0.25, -0.2) is 0 Å². The van der Waals surface area contributed by atoms with E-state index in [-0.39, 0.29) is 18.1 Å². The van der Waals surface area contributed by atoms with Crippen molar-refractivity contribution in [2.24, 2.45) is 0 Å². The highest BCUT2D eigenvalue weighted by atomic mass is 16.6. The first-order chi connectivity index (χ1) is 8.25. The Labute approximate surface area is 99.6 Å². The van der Waals surface area contributed by atoms with Crippen molar-refractivity contribution in [1.82, 2.24) is 4.57 Å². The quantitative estimate of drug-likeness (QED) is 0.739. The Hall–Kier alpha value is -1.87. The zero-order chi connectivity index (χ0) is 11.8. The lowest BCUT2D eigenvalue weighted by Gasteiger charge is -1.98. The number of ether oxygens (including phenoxy) is 1. The van der Waals surface area contributed by atoms with Gasteiger partial charge in [-0.3, -0.25) is 9.36 Å². The standard InChI is InChI=1S/C14H13NO2/c1-10-4-6-11(7-5-10)12-13(17-12)14(16)15-8-2-3-9-15/h2-9,12-13H,1H3/t12-,13-/m0/s1. The first-order valence-electron chi connectivity index (χ1n) is 5.65. The summed E-state index contributed by atoms with van der Waals surface area (Å²) in [4.78, 5) is 12.0. The van der Waals surface area contributed by atoms with Crippen LogP contribution in [0.2, 0.25) is 0 Å².